The normalized spacial score (nSPS) is 10.1. The van der Waals surface area contributed by atoms with E-state index < -0.39 is 0 Å². The second-order valence-electron chi connectivity index (χ2n) is 4.57. The third kappa shape index (κ3) is 3.51. The average molecular weight is 271 g/mol. The van der Waals surface area contributed by atoms with Crippen molar-refractivity contribution in [3.8, 4) is 11.5 Å². The molecule has 4 heteroatoms. The fraction of sp³-hybridized carbons (Fsp3) is 0.188. The zero-order chi connectivity index (χ0) is 14.5. The minimum absolute atomic E-state index is 0.126. The van der Waals surface area contributed by atoms with Crippen molar-refractivity contribution < 1.29 is 14.6 Å². The van der Waals surface area contributed by atoms with Crippen molar-refractivity contribution >= 4 is 11.6 Å². The van der Waals surface area contributed by atoms with Gasteiger partial charge in [-0.2, -0.15) is 0 Å². The fourth-order valence-electron chi connectivity index (χ4n) is 1.82. The molecule has 0 radical (unpaired) electrons. The van der Waals surface area contributed by atoms with Crippen LogP contribution in [-0.4, -0.2) is 18.1 Å². The van der Waals surface area contributed by atoms with E-state index in [1.807, 2.05) is 24.3 Å². The second kappa shape index (κ2) is 6.10. The van der Waals surface area contributed by atoms with Gasteiger partial charge in [-0.1, -0.05) is 18.2 Å². The molecule has 0 aliphatic carbocycles. The summed E-state index contributed by atoms with van der Waals surface area (Å²) in [4.78, 5) is 11.9. The Morgan fingerprint density at radius 1 is 1.20 bits per heavy atom. The van der Waals surface area contributed by atoms with E-state index in [-0.39, 0.29) is 18.1 Å². The number of aryl methyl sites for hydroxylation is 1. The Morgan fingerprint density at radius 2 is 1.90 bits per heavy atom. The topological polar surface area (TPSA) is 58.6 Å². The quantitative estimate of drug-likeness (QED) is 0.899. The summed E-state index contributed by atoms with van der Waals surface area (Å²) in [5, 5.41) is 12.4. The molecule has 4 nitrogen and oxygen atoms in total. The number of methoxy groups -OCH3 is 1. The smallest absolute Gasteiger partial charge is 0.228 e. The lowest BCUT2D eigenvalue weighted by Gasteiger charge is -2.07. The number of hydrogen-bond acceptors (Lipinski definition) is 3. The summed E-state index contributed by atoms with van der Waals surface area (Å²) in [6.45, 7) is 1.80. The molecule has 0 spiro atoms. The number of phenolic OH excluding ortho intramolecular Hbond substituents is 1. The number of aromatic hydroxyl groups is 1. The van der Waals surface area contributed by atoms with Crippen LogP contribution in [0.2, 0.25) is 0 Å². The highest BCUT2D eigenvalue weighted by molar-refractivity contribution is 5.92. The summed E-state index contributed by atoms with van der Waals surface area (Å²) >= 11 is 0. The number of nitrogens with one attached hydrogen (secondary N) is 1. The number of benzene rings is 2. The first-order valence-corrected chi connectivity index (χ1v) is 6.31. The second-order valence-corrected chi connectivity index (χ2v) is 4.57. The monoisotopic (exact) mass is 271 g/mol. The zero-order valence-corrected chi connectivity index (χ0v) is 11.5. The molecule has 0 bridgehead atoms. The van der Waals surface area contributed by atoms with Crippen LogP contribution in [-0.2, 0) is 11.2 Å². The fourth-order valence-corrected chi connectivity index (χ4v) is 1.82. The Labute approximate surface area is 118 Å². The molecule has 0 heterocycles. The molecule has 0 atom stereocenters. The van der Waals surface area contributed by atoms with Gasteiger partial charge in [0.1, 0.15) is 11.5 Å². The lowest BCUT2D eigenvalue weighted by atomic mass is 10.1. The van der Waals surface area contributed by atoms with Gasteiger partial charge in [-0.3, -0.25) is 4.79 Å². The molecule has 20 heavy (non-hydrogen) atoms. The third-order valence-corrected chi connectivity index (χ3v) is 3.02. The number of carbonyl (C=O) groups excluding carboxylic acids is 1. The number of amides is 1. The Kier molecular flexibility index (Phi) is 4.25. The maximum Gasteiger partial charge on any atom is 0.228 e. The molecule has 2 rings (SSSR count). The van der Waals surface area contributed by atoms with Gasteiger partial charge in [0.2, 0.25) is 5.91 Å². The van der Waals surface area contributed by atoms with Crippen molar-refractivity contribution in [2.45, 2.75) is 13.3 Å². The van der Waals surface area contributed by atoms with Gasteiger partial charge < -0.3 is 15.2 Å². The summed E-state index contributed by atoms with van der Waals surface area (Å²) in [6.07, 6.45) is 0.276. The van der Waals surface area contributed by atoms with Gasteiger partial charge in [0, 0.05) is 11.8 Å². The van der Waals surface area contributed by atoms with Gasteiger partial charge in [-0.15, -0.1) is 0 Å². The van der Waals surface area contributed by atoms with Crippen LogP contribution in [0.3, 0.4) is 0 Å². The number of phenols is 1. The van der Waals surface area contributed by atoms with Crippen LogP contribution in [0.4, 0.5) is 5.69 Å². The van der Waals surface area contributed by atoms with Crippen LogP contribution in [0.1, 0.15) is 11.1 Å². The zero-order valence-electron chi connectivity index (χ0n) is 11.5. The lowest BCUT2D eigenvalue weighted by molar-refractivity contribution is -0.115. The van der Waals surface area contributed by atoms with Crippen LogP contribution < -0.4 is 10.1 Å². The van der Waals surface area contributed by atoms with E-state index in [1.54, 1.807) is 32.2 Å². The van der Waals surface area contributed by atoms with Gasteiger partial charge in [0.25, 0.3) is 0 Å². The molecular formula is C16H17NO3. The molecule has 0 saturated heterocycles. The summed E-state index contributed by atoms with van der Waals surface area (Å²) in [6, 6.07) is 12.4. The summed E-state index contributed by atoms with van der Waals surface area (Å²) in [7, 11) is 1.60. The Morgan fingerprint density at radius 3 is 2.50 bits per heavy atom. The molecule has 2 N–H and O–H groups in total. The number of anilines is 1. The van der Waals surface area contributed by atoms with Crippen molar-refractivity contribution in [2.24, 2.45) is 0 Å². The van der Waals surface area contributed by atoms with Crippen molar-refractivity contribution in [2.75, 3.05) is 12.4 Å². The molecular weight excluding hydrogens is 254 g/mol. The predicted octanol–water partition coefficient (Wildman–Crippen LogP) is 2.89. The predicted molar refractivity (Wildman–Crippen MR) is 78.2 cm³/mol. The number of rotatable bonds is 4. The molecule has 104 valence electrons. The maximum atomic E-state index is 11.9. The molecule has 2 aromatic rings. The maximum absolute atomic E-state index is 11.9. The van der Waals surface area contributed by atoms with Gasteiger partial charge >= 0.3 is 0 Å². The molecule has 2 aromatic carbocycles. The molecule has 0 fully saturated rings. The first kappa shape index (κ1) is 13.9. The summed E-state index contributed by atoms with van der Waals surface area (Å²) < 4.78 is 5.07. The first-order valence-electron chi connectivity index (χ1n) is 6.31. The first-order chi connectivity index (χ1) is 9.58. The van der Waals surface area contributed by atoms with Crippen LogP contribution in [0.25, 0.3) is 0 Å². The van der Waals surface area contributed by atoms with Crippen molar-refractivity contribution in [3.05, 3.63) is 53.6 Å². The van der Waals surface area contributed by atoms with Crippen molar-refractivity contribution in [3.63, 3.8) is 0 Å². The van der Waals surface area contributed by atoms with Crippen molar-refractivity contribution in [1.29, 1.82) is 0 Å². The highest BCUT2D eigenvalue weighted by Crippen LogP contribution is 2.21. The largest absolute Gasteiger partial charge is 0.508 e. The Hall–Kier alpha value is -2.49. The van der Waals surface area contributed by atoms with Crippen molar-refractivity contribution in [1.82, 2.24) is 0 Å². The van der Waals surface area contributed by atoms with E-state index in [4.69, 9.17) is 4.74 Å². The summed E-state index contributed by atoms with van der Waals surface area (Å²) in [5.41, 5.74) is 2.27. The van der Waals surface area contributed by atoms with Crippen LogP contribution in [0, 0.1) is 6.92 Å². The minimum atomic E-state index is -0.126. The van der Waals surface area contributed by atoms with E-state index in [0.717, 1.165) is 16.9 Å². The molecule has 1 amide bonds. The van der Waals surface area contributed by atoms with Crippen LogP contribution in [0.5, 0.6) is 11.5 Å². The number of hydrogen-bond donors (Lipinski definition) is 2. The summed E-state index contributed by atoms with van der Waals surface area (Å²) in [5.74, 6) is 0.809. The number of carbonyl (C=O) groups is 1. The van der Waals surface area contributed by atoms with Gasteiger partial charge in [-0.05, 0) is 36.2 Å². The molecule has 0 aliphatic heterocycles. The molecule has 0 aromatic heterocycles. The van der Waals surface area contributed by atoms with Crippen LogP contribution >= 0.6 is 0 Å². The highest BCUT2D eigenvalue weighted by atomic mass is 16.5. The molecule has 0 aliphatic rings. The number of ether oxygens (including phenoxy) is 1. The molecule has 0 saturated carbocycles. The van der Waals surface area contributed by atoms with E-state index in [9.17, 15) is 9.90 Å². The third-order valence-electron chi connectivity index (χ3n) is 3.02. The van der Waals surface area contributed by atoms with E-state index in [0.29, 0.717) is 5.69 Å². The van der Waals surface area contributed by atoms with Gasteiger partial charge in [-0.25, -0.2) is 0 Å². The Balaban J connectivity index is 1.99. The van der Waals surface area contributed by atoms with E-state index >= 15 is 0 Å². The average Bonchev–Trinajstić information content (AvgIpc) is 2.44. The highest BCUT2D eigenvalue weighted by Gasteiger charge is 2.06. The van der Waals surface area contributed by atoms with E-state index in [2.05, 4.69) is 5.32 Å². The van der Waals surface area contributed by atoms with Gasteiger partial charge in [0.15, 0.2) is 0 Å². The van der Waals surface area contributed by atoms with E-state index in [1.165, 1.54) is 0 Å². The standard InChI is InChI=1S/C16H17NO3/c1-11-3-6-13(10-15(11)18)17-16(19)9-12-4-7-14(20-2)8-5-12/h3-8,10,18H,9H2,1-2H3,(H,17,19). The Bertz CT molecular complexity index is 606. The SMILES string of the molecule is COc1ccc(CC(=O)Nc2ccc(C)c(O)c2)cc1. The lowest BCUT2D eigenvalue weighted by Crippen LogP contribution is -2.14. The molecule has 0 unspecified atom stereocenters. The minimum Gasteiger partial charge on any atom is -0.508 e. The van der Waals surface area contributed by atoms with Crippen LogP contribution in [0.15, 0.2) is 42.5 Å². The van der Waals surface area contributed by atoms with Gasteiger partial charge in [0.05, 0.1) is 13.5 Å².